The Hall–Kier alpha value is -1.81. The molecule has 4 heteroatoms. The molecule has 0 bridgehead atoms. The summed E-state index contributed by atoms with van der Waals surface area (Å²) in [5.41, 5.74) is 7.68. The summed E-state index contributed by atoms with van der Waals surface area (Å²) in [6.45, 7) is 3.58. The molecule has 0 aliphatic carbocycles. The number of aromatic nitrogens is 1. The summed E-state index contributed by atoms with van der Waals surface area (Å²) in [4.78, 5) is 18.0. The van der Waals surface area contributed by atoms with Crippen LogP contribution in [0.3, 0.4) is 0 Å². The van der Waals surface area contributed by atoms with Crippen LogP contribution in [0.15, 0.2) is 30.5 Å². The van der Waals surface area contributed by atoms with E-state index < -0.39 is 0 Å². The Kier molecular flexibility index (Phi) is 3.97. The number of likely N-dealkylation sites (tertiary alicyclic amines) is 1. The van der Waals surface area contributed by atoms with Crippen LogP contribution in [0.5, 0.6) is 0 Å². The van der Waals surface area contributed by atoms with Crippen molar-refractivity contribution in [3.05, 3.63) is 36.0 Å². The number of nitrogens with zero attached hydrogens (tertiary/aromatic N) is 1. The van der Waals surface area contributed by atoms with E-state index in [2.05, 4.69) is 11.9 Å². The predicted molar refractivity (Wildman–Crippen MR) is 85.2 cm³/mol. The second-order valence-electron chi connectivity index (χ2n) is 5.93. The van der Waals surface area contributed by atoms with Crippen LogP contribution in [0.4, 0.5) is 0 Å². The van der Waals surface area contributed by atoms with E-state index in [-0.39, 0.29) is 11.9 Å². The van der Waals surface area contributed by atoms with Crippen molar-refractivity contribution in [2.45, 2.75) is 32.2 Å². The van der Waals surface area contributed by atoms with E-state index in [1.54, 1.807) is 0 Å². The molecule has 1 aliphatic heterocycles. The lowest BCUT2D eigenvalue weighted by atomic mass is 9.88. The van der Waals surface area contributed by atoms with Crippen LogP contribution in [0, 0.1) is 5.92 Å². The molecule has 1 saturated heterocycles. The zero-order valence-electron chi connectivity index (χ0n) is 12.5. The zero-order chi connectivity index (χ0) is 14.8. The molecule has 2 unspecified atom stereocenters. The molecule has 0 saturated carbocycles. The van der Waals surface area contributed by atoms with E-state index in [0.29, 0.717) is 12.5 Å². The lowest BCUT2D eigenvalue weighted by Gasteiger charge is -2.38. The van der Waals surface area contributed by atoms with Gasteiger partial charge in [-0.05, 0) is 24.8 Å². The van der Waals surface area contributed by atoms with Gasteiger partial charge in [0.2, 0.25) is 0 Å². The maximum Gasteiger partial charge on any atom is 0.256 e. The third-order valence-electron chi connectivity index (χ3n) is 4.75. The number of carbonyl (C=O) groups is 1. The van der Waals surface area contributed by atoms with Gasteiger partial charge in [-0.2, -0.15) is 0 Å². The van der Waals surface area contributed by atoms with Crippen molar-refractivity contribution in [3.8, 4) is 0 Å². The fraction of sp³-hybridized carbons (Fsp3) is 0.471. The molecule has 4 nitrogen and oxygen atoms in total. The van der Waals surface area contributed by atoms with Gasteiger partial charge < -0.3 is 15.6 Å². The number of hydrogen-bond donors (Lipinski definition) is 2. The quantitative estimate of drug-likeness (QED) is 0.911. The highest BCUT2D eigenvalue weighted by Crippen LogP contribution is 2.28. The molecular formula is C17H23N3O. The van der Waals surface area contributed by atoms with Crippen molar-refractivity contribution in [2.24, 2.45) is 11.7 Å². The summed E-state index contributed by atoms with van der Waals surface area (Å²) in [6.07, 6.45) is 5.11. The Bertz CT molecular complexity index is 634. The average molecular weight is 285 g/mol. The van der Waals surface area contributed by atoms with Crippen molar-refractivity contribution in [2.75, 3.05) is 13.1 Å². The lowest BCUT2D eigenvalue weighted by Crippen LogP contribution is -2.49. The first kappa shape index (κ1) is 14.1. The highest BCUT2D eigenvalue weighted by atomic mass is 16.2. The Balaban J connectivity index is 1.87. The normalized spacial score (nSPS) is 22.7. The minimum Gasteiger partial charge on any atom is -0.360 e. The van der Waals surface area contributed by atoms with Crippen LogP contribution < -0.4 is 5.73 Å². The van der Waals surface area contributed by atoms with Crippen molar-refractivity contribution in [3.63, 3.8) is 0 Å². The number of benzene rings is 1. The maximum atomic E-state index is 12.9. The molecule has 2 heterocycles. The molecule has 2 atom stereocenters. The van der Waals surface area contributed by atoms with Crippen LogP contribution in [0.2, 0.25) is 0 Å². The molecule has 1 aromatic carbocycles. The maximum absolute atomic E-state index is 12.9. The molecule has 3 rings (SSSR count). The van der Waals surface area contributed by atoms with Crippen LogP contribution in [0.1, 0.15) is 36.5 Å². The van der Waals surface area contributed by atoms with E-state index in [4.69, 9.17) is 5.73 Å². The first-order valence-electron chi connectivity index (χ1n) is 7.81. The van der Waals surface area contributed by atoms with Crippen LogP contribution in [-0.4, -0.2) is 34.9 Å². The molecule has 3 N–H and O–H groups in total. The standard InChI is InChI=1S/C17H23N3O/c1-2-12-7-8-20(13(9-12)10-18)17(21)15-11-19-16-6-4-3-5-14(15)16/h3-6,11-13,19H,2,7-10,18H2,1H3. The van der Waals surface area contributed by atoms with Crippen molar-refractivity contribution < 1.29 is 4.79 Å². The summed E-state index contributed by atoms with van der Waals surface area (Å²) in [7, 11) is 0. The van der Waals surface area contributed by atoms with Gasteiger partial charge in [0, 0.05) is 36.2 Å². The highest BCUT2D eigenvalue weighted by molar-refractivity contribution is 6.06. The number of aromatic amines is 1. The number of hydrogen-bond acceptors (Lipinski definition) is 2. The van der Waals surface area contributed by atoms with Crippen LogP contribution in [0.25, 0.3) is 10.9 Å². The van der Waals surface area contributed by atoms with Gasteiger partial charge in [-0.25, -0.2) is 0 Å². The molecule has 1 amide bonds. The molecule has 0 radical (unpaired) electrons. The van der Waals surface area contributed by atoms with Gasteiger partial charge >= 0.3 is 0 Å². The number of nitrogens with one attached hydrogen (secondary N) is 1. The largest absolute Gasteiger partial charge is 0.360 e. The number of para-hydroxylation sites is 1. The summed E-state index contributed by atoms with van der Waals surface area (Å²) in [5.74, 6) is 0.808. The van der Waals surface area contributed by atoms with E-state index in [1.165, 1.54) is 6.42 Å². The second kappa shape index (κ2) is 5.90. The molecule has 1 aromatic heterocycles. The Labute approximate surface area is 125 Å². The number of carbonyl (C=O) groups excluding carboxylic acids is 1. The van der Waals surface area contributed by atoms with Crippen molar-refractivity contribution >= 4 is 16.8 Å². The van der Waals surface area contributed by atoms with Gasteiger partial charge in [0.25, 0.3) is 5.91 Å². The number of H-pyrrole nitrogens is 1. The van der Waals surface area contributed by atoms with E-state index in [1.807, 2.05) is 35.4 Å². The third kappa shape index (κ3) is 2.56. The minimum absolute atomic E-state index is 0.109. The number of amides is 1. The van der Waals surface area contributed by atoms with E-state index >= 15 is 0 Å². The first-order chi connectivity index (χ1) is 10.2. The van der Waals surface area contributed by atoms with Gasteiger partial charge in [0.1, 0.15) is 0 Å². The van der Waals surface area contributed by atoms with Crippen LogP contribution in [-0.2, 0) is 0 Å². The molecule has 1 fully saturated rings. The smallest absolute Gasteiger partial charge is 0.256 e. The van der Waals surface area contributed by atoms with Crippen molar-refractivity contribution in [1.82, 2.24) is 9.88 Å². The molecule has 1 aliphatic rings. The summed E-state index contributed by atoms with van der Waals surface area (Å²) >= 11 is 0. The predicted octanol–water partition coefficient (Wildman–Crippen LogP) is 2.76. The number of rotatable bonds is 3. The number of nitrogens with two attached hydrogens (primary N) is 1. The zero-order valence-corrected chi connectivity index (χ0v) is 12.5. The van der Waals surface area contributed by atoms with Gasteiger partial charge in [-0.3, -0.25) is 4.79 Å². The fourth-order valence-electron chi connectivity index (χ4n) is 3.40. The van der Waals surface area contributed by atoms with Crippen molar-refractivity contribution in [1.29, 1.82) is 0 Å². The van der Waals surface area contributed by atoms with Gasteiger partial charge in [-0.15, -0.1) is 0 Å². The Morgan fingerprint density at radius 3 is 3.00 bits per heavy atom. The summed E-state index contributed by atoms with van der Waals surface area (Å²) in [6, 6.07) is 8.11. The van der Waals surface area contributed by atoms with Gasteiger partial charge in [-0.1, -0.05) is 31.5 Å². The average Bonchev–Trinajstić information content (AvgIpc) is 2.97. The topological polar surface area (TPSA) is 62.1 Å². The Morgan fingerprint density at radius 2 is 2.24 bits per heavy atom. The second-order valence-corrected chi connectivity index (χ2v) is 5.93. The summed E-state index contributed by atoms with van der Waals surface area (Å²) < 4.78 is 0. The van der Waals surface area contributed by atoms with Gasteiger partial charge in [0.05, 0.1) is 5.56 Å². The SMILES string of the molecule is CCC1CCN(C(=O)c2c[nH]c3ccccc23)C(CN)C1. The first-order valence-corrected chi connectivity index (χ1v) is 7.81. The third-order valence-corrected chi connectivity index (χ3v) is 4.75. The van der Waals surface area contributed by atoms with E-state index in [9.17, 15) is 4.79 Å². The highest BCUT2D eigenvalue weighted by Gasteiger charge is 2.31. The van der Waals surface area contributed by atoms with Gasteiger partial charge in [0.15, 0.2) is 0 Å². The molecule has 0 spiro atoms. The fourth-order valence-corrected chi connectivity index (χ4v) is 3.40. The lowest BCUT2D eigenvalue weighted by molar-refractivity contribution is 0.0560. The monoisotopic (exact) mass is 285 g/mol. The number of piperidine rings is 1. The minimum atomic E-state index is 0.109. The molecule has 2 aromatic rings. The van der Waals surface area contributed by atoms with E-state index in [0.717, 1.165) is 35.9 Å². The molecule has 112 valence electrons. The Morgan fingerprint density at radius 1 is 1.43 bits per heavy atom. The number of fused-ring (bicyclic) bond motifs is 1. The summed E-state index contributed by atoms with van der Waals surface area (Å²) in [5, 5.41) is 0.996. The molecule has 21 heavy (non-hydrogen) atoms. The van der Waals surface area contributed by atoms with Crippen LogP contribution >= 0.6 is 0 Å². The molecular weight excluding hydrogens is 262 g/mol.